The summed E-state index contributed by atoms with van der Waals surface area (Å²) in [5.74, 6) is 1.33. The fourth-order valence-corrected chi connectivity index (χ4v) is 3.01. The molecule has 2 aromatic rings. The highest BCUT2D eigenvalue weighted by Crippen LogP contribution is 2.22. The molecule has 0 radical (unpaired) electrons. The highest BCUT2D eigenvalue weighted by atomic mass is 32.2. The Balaban J connectivity index is 1.71. The van der Waals surface area contributed by atoms with Crippen LogP contribution in [0, 0.1) is 6.92 Å². The first-order valence-electron chi connectivity index (χ1n) is 5.53. The van der Waals surface area contributed by atoms with E-state index in [2.05, 4.69) is 10.2 Å². The van der Waals surface area contributed by atoms with Crippen molar-refractivity contribution in [1.29, 1.82) is 0 Å². The van der Waals surface area contributed by atoms with E-state index < -0.39 is 6.10 Å². The molecule has 0 saturated carbocycles. The summed E-state index contributed by atoms with van der Waals surface area (Å²) in [6.45, 7) is 2.20. The van der Waals surface area contributed by atoms with Crippen molar-refractivity contribution < 1.29 is 9.84 Å². The lowest BCUT2D eigenvalue weighted by Crippen LogP contribution is -2.19. The van der Waals surface area contributed by atoms with Crippen molar-refractivity contribution in [3.63, 3.8) is 0 Å². The summed E-state index contributed by atoms with van der Waals surface area (Å²) in [6, 6.07) is 9.47. The Morgan fingerprint density at radius 1 is 1.33 bits per heavy atom. The first-order valence-corrected chi connectivity index (χ1v) is 7.33. The van der Waals surface area contributed by atoms with Crippen LogP contribution in [0.5, 0.6) is 5.75 Å². The molecule has 2 rings (SSSR count). The predicted molar refractivity (Wildman–Crippen MR) is 73.3 cm³/mol. The number of hydrogen-bond donors (Lipinski definition) is 1. The third-order valence-electron chi connectivity index (χ3n) is 2.09. The fraction of sp³-hybridized carbons (Fsp3) is 0.333. The van der Waals surface area contributed by atoms with Gasteiger partial charge in [0.25, 0.3) is 0 Å². The minimum atomic E-state index is -0.514. The molecule has 0 saturated heterocycles. The minimum Gasteiger partial charge on any atom is -0.491 e. The molecule has 0 spiro atoms. The maximum atomic E-state index is 9.79. The molecule has 1 aromatic carbocycles. The monoisotopic (exact) mass is 282 g/mol. The maximum absolute atomic E-state index is 9.79. The summed E-state index contributed by atoms with van der Waals surface area (Å²) in [7, 11) is 0. The second kappa shape index (κ2) is 6.72. The lowest BCUT2D eigenvalue weighted by atomic mass is 10.3. The van der Waals surface area contributed by atoms with Crippen LogP contribution in [0.1, 0.15) is 5.01 Å². The Morgan fingerprint density at radius 2 is 2.11 bits per heavy atom. The van der Waals surface area contributed by atoms with Gasteiger partial charge in [0.1, 0.15) is 17.4 Å². The van der Waals surface area contributed by atoms with E-state index in [0.717, 1.165) is 15.1 Å². The molecule has 0 fully saturated rings. The quantitative estimate of drug-likeness (QED) is 0.824. The van der Waals surface area contributed by atoms with E-state index in [4.69, 9.17) is 4.74 Å². The maximum Gasteiger partial charge on any atom is 0.174 e. The Kier molecular flexibility index (Phi) is 4.98. The zero-order chi connectivity index (χ0) is 12.8. The minimum absolute atomic E-state index is 0.287. The number of para-hydroxylation sites is 1. The first-order chi connectivity index (χ1) is 8.74. The van der Waals surface area contributed by atoms with Crippen molar-refractivity contribution in [2.75, 3.05) is 12.4 Å². The normalized spacial score (nSPS) is 12.3. The van der Waals surface area contributed by atoms with Gasteiger partial charge in [-0.3, -0.25) is 0 Å². The average molecular weight is 282 g/mol. The molecule has 0 aliphatic heterocycles. The van der Waals surface area contributed by atoms with E-state index in [9.17, 15) is 5.11 Å². The summed E-state index contributed by atoms with van der Waals surface area (Å²) >= 11 is 3.03. The molecule has 1 aromatic heterocycles. The molecule has 0 aliphatic rings. The molecule has 1 unspecified atom stereocenters. The molecule has 1 N–H and O–H groups in total. The second-order valence-corrected chi connectivity index (χ2v) is 6.12. The SMILES string of the molecule is Cc1nnc(SCC(O)COc2ccccc2)s1. The second-order valence-electron chi connectivity index (χ2n) is 3.68. The highest BCUT2D eigenvalue weighted by Gasteiger charge is 2.08. The molecule has 1 heterocycles. The number of aromatic nitrogens is 2. The van der Waals surface area contributed by atoms with Crippen LogP contribution in [0.25, 0.3) is 0 Å². The molecule has 0 amide bonds. The number of hydrogen-bond acceptors (Lipinski definition) is 6. The molecule has 6 heteroatoms. The van der Waals surface area contributed by atoms with Gasteiger partial charge in [0, 0.05) is 5.75 Å². The Morgan fingerprint density at radius 3 is 2.78 bits per heavy atom. The van der Waals surface area contributed by atoms with Gasteiger partial charge in [-0.25, -0.2) is 0 Å². The average Bonchev–Trinajstić information content (AvgIpc) is 2.81. The molecule has 1 atom stereocenters. The van der Waals surface area contributed by atoms with Gasteiger partial charge in [-0.05, 0) is 19.1 Å². The summed E-state index contributed by atoms with van der Waals surface area (Å²) < 4.78 is 6.35. The van der Waals surface area contributed by atoms with Gasteiger partial charge in [0.05, 0.1) is 6.10 Å². The Bertz CT molecular complexity index is 476. The van der Waals surface area contributed by atoms with Gasteiger partial charge in [0.2, 0.25) is 0 Å². The van der Waals surface area contributed by atoms with Crippen molar-refractivity contribution in [2.24, 2.45) is 0 Å². The van der Waals surface area contributed by atoms with Crippen LogP contribution < -0.4 is 4.74 Å². The van der Waals surface area contributed by atoms with E-state index in [1.807, 2.05) is 37.3 Å². The van der Waals surface area contributed by atoms with Crippen LogP contribution >= 0.6 is 23.1 Å². The summed E-state index contributed by atoms with van der Waals surface area (Å²) in [6.07, 6.45) is -0.514. The van der Waals surface area contributed by atoms with Crippen molar-refractivity contribution in [3.8, 4) is 5.75 Å². The Hall–Kier alpha value is -1.11. The number of aliphatic hydroxyl groups is 1. The highest BCUT2D eigenvalue weighted by molar-refractivity contribution is 8.01. The van der Waals surface area contributed by atoms with Crippen molar-refractivity contribution in [3.05, 3.63) is 35.3 Å². The first kappa shape index (κ1) is 13.3. The summed E-state index contributed by atoms with van der Waals surface area (Å²) in [4.78, 5) is 0. The molecule has 0 aliphatic carbocycles. The van der Waals surface area contributed by atoms with Crippen LogP contribution in [-0.2, 0) is 0 Å². The van der Waals surface area contributed by atoms with Crippen LogP contribution in [-0.4, -0.2) is 33.8 Å². The molecule has 18 heavy (non-hydrogen) atoms. The standard InChI is InChI=1S/C12H14N2O2S2/c1-9-13-14-12(18-9)17-8-10(15)7-16-11-5-3-2-4-6-11/h2-6,10,15H,7-8H2,1H3. The van der Waals surface area contributed by atoms with Crippen LogP contribution in [0.3, 0.4) is 0 Å². The van der Waals surface area contributed by atoms with Gasteiger partial charge in [-0.1, -0.05) is 41.3 Å². The van der Waals surface area contributed by atoms with Crippen LogP contribution in [0.4, 0.5) is 0 Å². The third kappa shape index (κ3) is 4.29. The van der Waals surface area contributed by atoms with Crippen molar-refractivity contribution in [1.82, 2.24) is 10.2 Å². The topological polar surface area (TPSA) is 55.2 Å². The zero-order valence-corrected chi connectivity index (χ0v) is 11.6. The van der Waals surface area contributed by atoms with E-state index in [1.54, 1.807) is 0 Å². The van der Waals surface area contributed by atoms with Gasteiger partial charge < -0.3 is 9.84 Å². The number of aryl methyl sites for hydroxylation is 1. The predicted octanol–water partition coefficient (Wildman–Crippen LogP) is 2.38. The fourth-order valence-electron chi connectivity index (χ4n) is 1.26. The molecular weight excluding hydrogens is 268 g/mol. The largest absolute Gasteiger partial charge is 0.491 e. The van der Waals surface area contributed by atoms with Gasteiger partial charge in [0.15, 0.2) is 4.34 Å². The summed E-state index contributed by atoms with van der Waals surface area (Å²) in [5, 5.41) is 18.6. The van der Waals surface area contributed by atoms with E-state index in [-0.39, 0.29) is 6.61 Å². The number of aliphatic hydroxyl groups excluding tert-OH is 1. The van der Waals surface area contributed by atoms with E-state index >= 15 is 0 Å². The lowest BCUT2D eigenvalue weighted by Gasteiger charge is -2.10. The van der Waals surface area contributed by atoms with Gasteiger partial charge >= 0.3 is 0 Å². The van der Waals surface area contributed by atoms with Crippen LogP contribution in [0.15, 0.2) is 34.7 Å². The molecule has 4 nitrogen and oxygen atoms in total. The number of ether oxygens (including phenoxy) is 1. The van der Waals surface area contributed by atoms with E-state index in [0.29, 0.717) is 5.75 Å². The number of nitrogens with zero attached hydrogens (tertiary/aromatic N) is 2. The van der Waals surface area contributed by atoms with Crippen LogP contribution in [0.2, 0.25) is 0 Å². The smallest absolute Gasteiger partial charge is 0.174 e. The summed E-state index contributed by atoms with van der Waals surface area (Å²) in [5.41, 5.74) is 0. The number of benzene rings is 1. The lowest BCUT2D eigenvalue weighted by molar-refractivity contribution is 0.126. The zero-order valence-electron chi connectivity index (χ0n) is 9.94. The number of thioether (sulfide) groups is 1. The number of rotatable bonds is 6. The Labute approximate surface area is 114 Å². The van der Waals surface area contributed by atoms with Gasteiger partial charge in [-0.15, -0.1) is 10.2 Å². The molecule has 0 bridgehead atoms. The molecular formula is C12H14N2O2S2. The molecule has 96 valence electrons. The third-order valence-corrected chi connectivity index (χ3v) is 4.21. The van der Waals surface area contributed by atoms with Crippen molar-refractivity contribution >= 4 is 23.1 Å². The van der Waals surface area contributed by atoms with Gasteiger partial charge in [-0.2, -0.15) is 0 Å². The van der Waals surface area contributed by atoms with E-state index in [1.165, 1.54) is 23.1 Å². The van der Waals surface area contributed by atoms with Crippen molar-refractivity contribution in [2.45, 2.75) is 17.4 Å².